The summed E-state index contributed by atoms with van der Waals surface area (Å²) < 4.78 is 24.6. The van der Waals surface area contributed by atoms with E-state index >= 15 is 0 Å². The van der Waals surface area contributed by atoms with Crippen LogP contribution in [-0.4, -0.2) is 53.4 Å². The molecule has 0 fully saturated rings. The van der Waals surface area contributed by atoms with E-state index in [0.717, 1.165) is 26.1 Å². The van der Waals surface area contributed by atoms with E-state index < -0.39 is 9.84 Å². The molecule has 0 radical (unpaired) electrons. The first-order chi connectivity index (χ1) is 14.1. The number of nitrogens with zero attached hydrogens (tertiary/aromatic N) is 2. The first-order valence-electron chi connectivity index (χ1n) is 10.1. The van der Waals surface area contributed by atoms with E-state index in [-0.39, 0.29) is 5.75 Å². The topological polar surface area (TPSA) is 73.8 Å². The van der Waals surface area contributed by atoms with Gasteiger partial charge in [0.05, 0.1) is 10.6 Å². The third-order valence-electron chi connectivity index (χ3n) is 4.61. The molecule has 2 N–H and O–H groups in total. The fourth-order valence-electron chi connectivity index (χ4n) is 3.02. The Bertz CT molecular complexity index is 840. The molecule has 158 valence electrons. The lowest BCUT2D eigenvalue weighted by atomic mass is 10.2. The van der Waals surface area contributed by atoms with E-state index in [2.05, 4.69) is 51.7 Å². The summed E-state index contributed by atoms with van der Waals surface area (Å²) >= 11 is 0. The van der Waals surface area contributed by atoms with Gasteiger partial charge in [0.2, 0.25) is 0 Å². The molecular weight excluding hydrogens is 384 g/mol. The lowest BCUT2D eigenvalue weighted by Crippen LogP contribution is -2.39. The number of benzene rings is 2. The average molecular weight is 417 g/mol. The van der Waals surface area contributed by atoms with Crippen molar-refractivity contribution in [2.45, 2.75) is 24.7 Å². The molecule has 7 heteroatoms. The molecule has 0 aliphatic rings. The van der Waals surface area contributed by atoms with Gasteiger partial charge >= 0.3 is 0 Å². The van der Waals surface area contributed by atoms with Gasteiger partial charge in [-0.15, -0.1) is 0 Å². The zero-order valence-electron chi connectivity index (χ0n) is 17.3. The first kappa shape index (κ1) is 22.7. The smallest absolute Gasteiger partial charge is 0.190 e. The summed E-state index contributed by atoms with van der Waals surface area (Å²) in [6, 6.07) is 19.0. The molecule has 0 aromatic heterocycles. The van der Waals surface area contributed by atoms with Gasteiger partial charge in [-0.25, -0.2) is 8.42 Å². The Labute approximate surface area is 175 Å². The maximum absolute atomic E-state index is 12.3. The number of hydrogen-bond donors (Lipinski definition) is 2. The van der Waals surface area contributed by atoms with E-state index in [0.29, 0.717) is 23.8 Å². The van der Waals surface area contributed by atoms with Crippen LogP contribution in [-0.2, 0) is 9.84 Å². The van der Waals surface area contributed by atoms with Gasteiger partial charge in [-0.3, -0.25) is 4.99 Å². The van der Waals surface area contributed by atoms with Crippen molar-refractivity contribution in [1.29, 1.82) is 0 Å². The van der Waals surface area contributed by atoms with E-state index in [9.17, 15) is 8.42 Å². The van der Waals surface area contributed by atoms with E-state index in [1.165, 1.54) is 5.69 Å². The van der Waals surface area contributed by atoms with Crippen molar-refractivity contribution in [1.82, 2.24) is 10.6 Å². The summed E-state index contributed by atoms with van der Waals surface area (Å²) in [6.45, 7) is 5.43. The van der Waals surface area contributed by atoms with Gasteiger partial charge in [0, 0.05) is 38.9 Å². The zero-order chi connectivity index (χ0) is 21.0. The summed E-state index contributed by atoms with van der Waals surface area (Å²) in [5, 5.41) is 6.48. The van der Waals surface area contributed by atoms with Gasteiger partial charge in [-0.1, -0.05) is 36.4 Å². The number of nitrogens with one attached hydrogen (secondary N) is 2. The molecule has 0 aliphatic heterocycles. The van der Waals surface area contributed by atoms with Gasteiger partial charge < -0.3 is 15.5 Å². The van der Waals surface area contributed by atoms with Crippen LogP contribution in [0.4, 0.5) is 5.69 Å². The number of hydrogen-bond acceptors (Lipinski definition) is 4. The lowest BCUT2D eigenvalue weighted by Gasteiger charge is -2.23. The number of sulfone groups is 1. The lowest BCUT2D eigenvalue weighted by molar-refractivity contribution is 0.592. The van der Waals surface area contributed by atoms with Crippen LogP contribution in [0.25, 0.3) is 0 Å². The Hall–Kier alpha value is -2.54. The molecule has 2 aromatic rings. The summed E-state index contributed by atoms with van der Waals surface area (Å²) in [7, 11) is -1.51. The first-order valence-corrected chi connectivity index (χ1v) is 11.7. The Morgan fingerprint density at radius 2 is 1.52 bits per heavy atom. The molecule has 0 atom stereocenters. The molecule has 0 unspecified atom stereocenters. The minimum absolute atomic E-state index is 0.115. The molecule has 0 saturated carbocycles. The van der Waals surface area contributed by atoms with Gasteiger partial charge in [-0.2, -0.15) is 0 Å². The van der Waals surface area contributed by atoms with Crippen molar-refractivity contribution in [3.8, 4) is 0 Å². The number of para-hydroxylation sites is 1. The SMILES string of the molecule is CCN(CCCNC(=NC)NCCCS(=O)(=O)c1ccccc1)c1ccccc1. The van der Waals surface area contributed by atoms with Gasteiger partial charge in [-0.05, 0) is 44.0 Å². The fourth-order valence-corrected chi connectivity index (χ4v) is 4.35. The molecule has 0 spiro atoms. The third-order valence-corrected chi connectivity index (χ3v) is 6.43. The van der Waals surface area contributed by atoms with Crippen molar-refractivity contribution in [2.75, 3.05) is 43.9 Å². The Balaban J connectivity index is 1.66. The Morgan fingerprint density at radius 3 is 2.10 bits per heavy atom. The largest absolute Gasteiger partial charge is 0.372 e. The quantitative estimate of drug-likeness (QED) is 0.335. The van der Waals surface area contributed by atoms with Gasteiger partial charge in [0.15, 0.2) is 15.8 Å². The second kappa shape index (κ2) is 12.1. The van der Waals surface area contributed by atoms with Crippen LogP contribution >= 0.6 is 0 Å². The molecule has 29 heavy (non-hydrogen) atoms. The van der Waals surface area contributed by atoms with Crippen molar-refractivity contribution in [3.05, 3.63) is 60.7 Å². The predicted molar refractivity (Wildman–Crippen MR) is 121 cm³/mol. The average Bonchev–Trinajstić information content (AvgIpc) is 2.76. The standard InChI is InChI=1S/C22H32N4O2S/c1-3-26(20-12-6-4-7-13-20)18-10-16-24-22(23-2)25-17-11-19-29(27,28)21-14-8-5-9-15-21/h4-9,12-15H,3,10-11,16-19H2,1-2H3,(H2,23,24,25). The normalized spacial score (nSPS) is 11.9. The highest BCUT2D eigenvalue weighted by molar-refractivity contribution is 7.91. The molecule has 0 bridgehead atoms. The second-order valence-corrected chi connectivity index (χ2v) is 8.79. The van der Waals surface area contributed by atoms with E-state index in [1.807, 2.05) is 12.1 Å². The van der Waals surface area contributed by atoms with Gasteiger partial charge in [0.25, 0.3) is 0 Å². The molecular formula is C22H32N4O2S. The maximum atomic E-state index is 12.3. The van der Waals surface area contributed by atoms with Crippen LogP contribution in [0.3, 0.4) is 0 Å². The number of rotatable bonds is 11. The second-order valence-electron chi connectivity index (χ2n) is 6.68. The number of guanidine groups is 1. The molecule has 0 heterocycles. The van der Waals surface area contributed by atoms with Crippen molar-refractivity contribution in [2.24, 2.45) is 4.99 Å². The molecule has 0 saturated heterocycles. The predicted octanol–water partition coefficient (Wildman–Crippen LogP) is 2.93. The highest BCUT2D eigenvalue weighted by Gasteiger charge is 2.13. The van der Waals surface area contributed by atoms with Crippen molar-refractivity contribution >= 4 is 21.5 Å². The van der Waals surface area contributed by atoms with E-state index in [4.69, 9.17) is 0 Å². The van der Waals surface area contributed by atoms with Crippen LogP contribution in [0.15, 0.2) is 70.6 Å². The van der Waals surface area contributed by atoms with E-state index in [1.54, 1.807) is 31.3 Å². The minimum atomic E-state index is -3.23. The summed E-state index contributed by atoms with van der Waals surface area (Å²) in [6.07, 6.45) is 1.50. The minimum Gasteiger partial charge on any atom is -0.372 e. The van der Waals surface area contributed by atoms with Crippen LogP contribution in [0.1, 0.15) is 19.8 Å². The third kappa shape index (κ3) is 7.77. The van der Waals surface area contributed by atoms with Crippen LogP contribution < -0.4 is 15.5 Å². The molecule has 2 aromatic carbocycles. The summed E-state index contributed by atoms with van der Waals surface area (Å²) in [5.41, 5.74) is 1.23. The Morgan fingerprint density at radius 1 is 0.931 bits per heavy atom. The molecule has 0 aliphatic carbocycles. The van der Waals surface area contributed by atoms with Crippen LogP contribution in [0.5, 0.6) is 0 Å². The summed E-state index contributed by atoms with van der Waals surface area (Å²) in [5.74, 6) is 0.814. The van der Waals surface area contributed by atoms with Gasteiger partial charge in [0.1, 0.15) is 0 Å². The monoisotopic (exact) mass is 416 g/mol. The molecule has 2 rings (SSSR count). The van der Waals surface area contributed by atoms with Crippen LogP contribution in [0.2, 0.25) is 0 Å². The highest BCUT2D eigenvalue weighted by atomic mass is 32.2. The zero-order valence-corrected chi connectivity index (χ0v) is 18.2. The fraction of sp³-hybridized carbons (Fsp3) is 0.409. The van der Waals surface area contributed by atoms with Crippen molar-refractivity contribution in [3.63, 3.8) is 0 Å². The number of anilines is 1. The van der Waals surface area contributed by atoms with Crippen molar-refractivity contribution < 1.29 is 8.42 Å². The Kier molecular flexibility index (Phi) is 9.50. The summed E-state index contributed by atoms with van der Waals surface area (Å²) in [4.78, 5) is 6.92. The maximum Gasteiger partial charge on any atom is 0.190 e. The molecule has 0 amide bonds. The molecule has 6 nitrogen and oxygen atoms in total. The van der Waals surface area contributed by atoms with Crippen LogP contribution in [0, 0.1) is 0 Å². The highest BCUT2D eigenvalue weighted by Crippen LogP contribution is 2.13. The number of aliphatic imine (C=N–C) groups is 1.